The Morgan fingerprint density at radius 3 is 1.33 bits per heavy atom. The number of allylic oxidation sites excluding steroid dienone is 2. The number of thiophene rings is 2. The van der Waals surface area contributed by atoms with Gasteiger partial charge in [0.25, 0.3) is 0 Å². The number of hydrogen-bond donors (Lipinski definition) is 0. The van der Waals surface area contributed by atoms with Gasteiger partial charge in [-0.05, 0) is 34.4 Å². The van der Waals surface area contributed by atoms with Crippen LogP contribution in [0, 0.1) is 45.3 Å². The van der Waals surface area contributed by atoms with Crippen molar-refractivity contribution in [1.82, 2.24) is 0 Å². The molecule has 2 aliphatic carbocycles. The van der Waals surface area contributed by atoms with E-state index in [1.165, 1.54) is 33.8 Å². The molecule has 4 rings (SSSR count). The number of fused-ring (bicyclic) bond motifs is 4. The molecular weight excluding hydrogens is 412 g/mol. The molecule has 0 atom stereocenters. The zero-order valence-electron chi connectivity index (χ0n) is 16.7. The first-order valence-corrected chi connectivity index (χ1v) is 10.6. The summed E-state index contributed by atoms with van der Waals surface area (Å²) in [5, 5.41) is 37.4. The molecule has 6 nitrogen and oxygen atoms in total. The van der Waals surface area contributed by atoms with Gasteiger partial charge in [0.05, 0.1) is 0 Å². The Labute approximate surface area is 182 Å². The third kappa shape index (κ3) is 2.56. The number of rotatable bonds is 2. The minimum Gasteiger partial charge on any atom is -0.216 e. The van der Waals surface area contributed by atoms with E-state index in [9.17, 15) is 0 Å². The zero-order valence-corrected chi connectivity index (χ0v) is 18.3. The fourth-order valence-corrected chi connectivity index (χ4v) is 7.04. The average molecular weight is 427 g/mol. The highest BCUT2D eigenvalue weighted by Gasteiger charge is 2.52. The lowest BCUT2D eigenvalue weighted by molar-refractivity contribution is 0.703. The van der Waals surface area contributed by atoms with Gasteiger partial charge in [0.2, 0.25) is 11.4 Å². The van der Waals surface area contributed by atoms with E-state index in [-0.39, 0.29) is 22.3 Å². The van der Waals surface area contributed by atoms with Gasteiger partial charge in [-0.25, -0.2) is 9.98 Å². The van der Waals surface area contributed by atoms with Gasteiger partial charge in [0.1, 0.15) is 34.3 Å². The molecular formula is C22H14N6S2. The van der Waals surface area contributed by atoms with E-state index in [2.05, 4.69) is 37.7 Å². The number of aliphatic imine (C=N–C) groups is 2. The van der Waals surface area contributed by atoms with Gasteiger partial charge < -0.3 is 0 Å². The summed E-state index contributed by atoms with van der Waals surface area (Å²) in [6, 6.07) is 11.2. The molecule has 0 saturated carbocycles. The molecule has 0 aromatic carbocycles. The first-order chi connectivity index (χ1) is 14.2. The first-order valence-electron chi connectivity index (χ1n) is 9.01. The number of nitrogens with zero attached hydrogens (tertiary/aromatic N) is 6. The summed E-state index contributed by atoms with van der Waals surface area (Å²) in [6.07, 6.45) is 0. The van der Waals surface area contributed by atoms with Crippen molar-refractivity contribution in [3.8, 4) is 24.3 Å². The molecule has 0 aliphatic heterocycles. The standard InChI is InChI=1S/C22H14N6S2/c1-21(2)13-5-15(27-11(7-23)8-24)29-19(13)18-17(21)20-14(22(18,3)4)6-16(30-20)28-12(9-25)10-26/h5-6H,1-4H3. The largest absolute Gasteiger partial charge is 0.219 e. The van der Waals surface area contributed by atoms with Crippen LogP contribution in [-0.2, 0) is 10.8 Å². The van der Waals surface area contributed by atoms with Crippen molar-refractivity contribution in [3.63, 3.8) is 0 Å². The van der Waals surface area contributed by atoms with Gasteiger partial charge in [-0.1, -0.05) is 27.7 Å². The van der Waals surface area contributed by atoms with E-state index in [1.807, 2.05) is 36.4 Å². The quantitative estimate of drug-likeness (QED) is 0.585. The SMILES string of the molecule is CC1(C)C2=C(c3sc(N=C(C#N)C#N)cc31)C(C)(C)c1cc(N=C(C#N)C#N)sc12. The van der Waals surface area contributed by atoms with E-state index in [0.29, 0.717) is 10.0 Å². The Morgan fingerprint density at radius 2 is 1.03 bits per heavy atom. The summed E-state index contributed by atoms with van der Waals surface area (Å²) in [4.78, 5) is 10.7. The second-order valence-electron chi connectivity index (χ2n) is 8.02. The molecule has 0 fully saturated rings. The maximum Gasteiger partial charge on any atom is 0.219 e. The van der Waals surface area contributed by atoms with Gasteiger partial charge in [-0.2, -0.15) is 21.0 Å². The normalized spacial score (nSPS) is 16.3. The van der Waals surface area contributed by atoms with Crippen LogP contribution >= 0.6 is 22.7 Å². The van der Waals surface area contributed by atoms with Crippen molar-refractivity contribution in [2.75, 3.05) is 0 Å². The summed E-state index contributed by atoms with van der Waals surface area (Å²) in [6.45, 7) is 8.64. The highest BCUT2D eigenvalue weighted by atomic mass is 32.1. The molecule has 2 heterocycles. The topological polar surface area (TPSA) is 120 Å². The van der Waals surface area contributed by atoms with Crippen molar-refractivity contribution in [3.05, 3.63) is 33.0 Å². The van der Waals surface area contributed by atoms with E-state index >= 15 is 0 Å². The van der Waals surface area contributed by atoms with Crippen LogP contribution in [0.3, 0.4) is 0 Å². The third-order valence-corrected chi connectivity index (χ3v) is 7.70. The second-order valence-corrected chi connectivity index (χ2v) is 10.1. The maximum atomic E-state index is 9.03. The van der Waals surface area contributed by atoms with Crippen LogP contribution in [0.2, 0.25) is 0 Å². The van der Waals surface area contributed by atoms with Crippen molar-refractivity contribution in [2.45, 2.75) is 38.5 Å². The molecule has 0 amide bonds. The molecule has 2 aromatic rings. The molecule has 0 unspecified atom stereocenters. The van der Waals surface area contributed by atoms with Crippen LogP contribution in [0.25, 0.3) is 11.1 Å². The summed E-state index contributed by atoms with van der Waals surface area (Å²) in [5.41, 5.74) is 3.88. The van der Waals surface area contributed by atoms with E-state index in [4.69, 9.17) is 21.0 Å². The molecule has 0 N–H and O–H groups in total. The summed E-state index contributed by atoms with van der Waals surface area (Å²) < 4.78 is 0. The van der Waals surface area contributed by atoms with Crippen LogP contribution < -0.4 is 0 Å². The molecule has 0 spiro atoms. The fraction of sp³-hybridized carbons (Fsp3) is 0.273. The van der Waals surface area contributed by atoms with Gasteiger partial charge in [-0.3, -0.25) is 0 Å². The highest BCUT2D eigenvalue weighted by molar-refractivity contribution is 7.18. The fourth-order valence-electron chi connectivity index (χ4n) is 4.23. The Bertz CT molecular complexity index is 1240. The van der Waals surface area contributed by atoms with Crippen LogP contribution in [0.15, 0.2) is 22.1 Å². The minimum absolute atomic E-state index is 0.153. The van der Waals surface area contributed by atoms with Gasteiger partial charge in [0.15, 0.2) is 0 Å². The molecule has 8 heteroatoms. The average Bonchev–Trinajstić information content (AvgIpc) is 3.40. The second kappa shape index (κ2) is 6.48. The summed E-state index contributed by atoms with van der Waals surface area (Å²) >= 11 is 3.00. The molecule has 144 valence electrons. The number of hydrogen-bond acceptors (Lipinski definition) is 8. The third-order valence-electron chi connectivity index (χ3n) is 5.61. The lowest BCUT2D eigenvalue weighted by Crippen LogP contribution is -2.16. The van der Waals surface area contributed by atoms with Gasteiger partial charge in [-0.15, -0.1) is 22.7 Å². The summed E-state index contributed by atoms with van der Waals surface area (Å²) in [7, 11) is 0. The van der Waals surface area contributed by atoms with Crippen molar-refractivity contribution < 1.29 is 0 Å². The molecule has 0 bridgehead atoms. The Balaban J connectivity index is 1.91. The van der Waals surface area contributed by atoms with Crippen LogP contribution in [0.4, 0.5) is 10.0 Å². The Hall–Kier alpha value is -3.56. The van der Waals surface area contributed by atoms with E-state index in [1.54, 1.807) is 0 Å². The van der Waals surface area contributed by atoms with Crippen molar-refractivity contribution >= 4 is 55.2 Å². The van der Waals surface area contributed by atoms with Crippen LogP contribution in [0.5, 0.6) is 0 Å². The molecule has 30 heavy (non-hydrogen) atoms. The predicted octanol–water partition coefficient (Wildman–Crippen LogP) is 5.54. The monoisotopic (exact) mass is 426 g/mol. The maximum absolute atomic E-state index is 9.03. The summed E-state index contributed by atoms with van der Waals surface area (Å²) in [5.74, 6) is 0. The van der Waals surface area contributed by atoms with Gasteiger partial charge in [0, 0.05) is 20.6 Å². The Morgan fingerprint density at radius 1 is 0.700 bits per heavy atom. The lowest BCUT2D eigenvalue weighted by atomic mass is 9.81. The molecule has 2 aliphatic rings. The predicted molar refractivity (Wildman–Crippen MR) is 118 cm³/mol. The molecule has 2 aromatic heterocycles. The van der Waals surface area contributed by atoms with Crippen LogP contribution in [-0.4, -0.2) is 11.4 Å². The lowest BCUT2D eigenvalue weighted by Gasteiger charge is -2.23. The minimum atomic E-state index is -0.282. The van der Waals surface area contributed by atoms with Crippen molar-refractivity contribution in [2.24, 2.45) is 9.98 Å². The van der Waals surface area contributed by atoms with Crippen molar-refractivity contribution in [1.29, 1.82) is 21.0 Å². The molecule has 0 radical (unpaired) electrons. The highest BCUT2D eigenvalue weighted by Crippen LogP contribution is 2.66. The first kappa shape index (κ1) is 19.7. The zero-order chi connectivity index (χ0) is 21.8. The Kier molecular flexibility index (Phi) is 4.26. The number of nitriles is 4. The van der Waals surface area contributed by atoms with Crippen LogP contribution in [0.1, 0.15) is 48.6 Å². The smallest absolute Gasteiger partial charge is 0.216 e. The van der Waals surface area contributed by atoms with E-state index < -0.39 is 0 Å². The van der Waals surface area contributed by atoms with E-state index in [0.717, 1.165) is 20.9 Å². The van der Waals surface area contributed by atoms with Gasteiger partial charge >= 0.3 is 0 Å². The molecule has 0 saturated heterocycles.